The number of hydrogen-bond donors (Lipinski definition) is 1. The summed E-state index contributed by atoms with van der Waals surface area (Å²) in [5.41, 5.74) is 4.47. The van der Waals surface area contributed by atoms with E-state index in [1.54, 1.807) is 0 Å². The SMILES string of the molecule is CCCCc1ccc(-c2ccc(C=O)cc2)cc1.CO. The molecule has 0 aromatic heterocycles. The van der Waals surface area contributed by atoms with Gasteiger partial charge in [-0.1, -0.05) is 61.9 Å². The van der Waals surface area contributed by atoms with Crippen LogP contribution in [0, 0.1) is 0 Å². The van der Waals surface area contributed by atoms with Crippen LogP contribution in [0.2, 0.25) is 0 Å². The molecule has 0 aliphatic heterocycles. The molecule has 106 valence electrons. The van der Waals surface area contributed by atoms with Crippen molar-refractivity contribution >= 4 is 6.29 Å². The molecular weight excluding hydrogens is 248 g/mol. The Labute approximate surface area is 121 Å². The van der Waals surface area contributed by atoms with Crippen LogP contribution < -0.4 is 0 Å². The second-order valence-electron chi connectivity index (χ2n) is 4.54. The lowest BCUT2D eigenvalue weighted by Crippen LogP contribution is -1.85. The second-order valence-corrected chi connectivity index (χ2v) is 4.54. The minimum absolute atomic E-state index is 0.721. The van der Waals surface area contributed by atoms with Crippen molar-refractivity contribution in [2.45, 2.75) is 26.2 Å². The van der Waals surface area contributed by atoms with Gasteiger partial charge in [0, 0.05) is 12.7 Å². The summed E-state index contributed by atoms with van der Waals surface area (Å²) in [6.07, 6.45) is 4.50. The summed E-state index contributed by atoms with van der Waals surface area (Å²) in [5.74, 6) is 0. The molecule has 0 radical (unpaired) electrons. The molecule has 0 saturated carbocycles. The first-order valence-electron chi connectivity index (χ1n) is 6.92. The van der Waals surface area contributed by atoms with Gasteiger partial charge < -0.3 is 5.11 Å². The van der Waals surface area contributed by atoms with Crippen molar-refractivity contribution in [3.63, 3.8) is 0 Å². The van der Waals surface area contributed by atoms with E-state index in [9.17, 15) is 4.79 Å². The zero-order valence-electron chi connectivity index (χ0n) is 12.2. The summed E-state index contributed by atoms with van der Waals surface area (Å²) >= 11 is 0. The molecule has 0 atom stereocenters. The summed E-state index contributed by atoms with van der Waals surface area (Å²) in [5, 5.41) is 7.00. The number of rotatable bonds is 5. The molecule has 0 amide bonds. The Balaban J connectivity index is 0.000000956. The highest BCUT2D eigenvalue weighted by molar-refractivity contribution is 5.76. The van der Waals surface area contributed by atoms with Gasteiger partial charge in [-0.3, -0.25) is 4.79 Å². The van der Waals surface area contributed by atoms with Crippen LogP contribution in [0.5, 0.6) is 0 Å². The van der Waals surface area contributed by atoms with Crippen molar-refractivity contribution in [1.29, 1.82) is 0 Å². The Morgan fingerprint density at radius 1 is 0.900 bits per heavy atom. The molecule has 1 N–H and O–H groups in total. The molecule has 0 unspecified atom stereocenters. The Morgan fingerprint density at radius 3 is 1.85 bits per heavy atom. The molecular formula is C18H22O2. The van der Waals surface area contributed by atoms with Gasteiger partial charge in [0.15, 0.2) is 0 Å². The monoisotopic (exact) mass is 270 g/mol. The molecule has 0 bridgehead atoms. The van der Waals surface area contributed by atoms with E-state index in [1.165, 1.54) is 24.0 Å². The number of carbonyl (C=O) groups excluding carboxylic acids is 1. The fraction of sp³-hybridized carbons (Fsp3) is 0.278. The van der Waals surface area contributed by atoms with E-state index in [1.807, 2.05) is 24.3 Å². The number of carbonyl (C=O) groups is 1. The van der Waals surface area contributed by atoms with E-state index < -0.39 is 0 Å². The molecule has 2 aromatic rings. The standard InChI is InChI=1S/C17H18O.CH4O/c1-2-3-4-14-5-9-16(10-6-14)17-11-7-15(13-18)8-12-17;1-2/h5-13H,2-4H2,1H3;2H,1H3. The predicted molar refractivity (Wildman–Crippen MR) is 84.0 cm³/mol. The third-order valence-corrected chi connectivity index (χ3v) is 3.15. The molecule has 0 heterocycles. The molecule has 0 spiro atoms. The zero-order chi connectivity index (χ0) is 14.8. The Bertz CT molecular complexity index is 498. The number of aldehydes is 1. The minimum atomic E-state index is 0.721. The van der Waals surface area contributed by atoms with Crippen LogP contribution in [0.15, 0.2) is 48.5 Å². The normalized spacial score (nSPS) is 9.55. The van der Waals surface area contributed by atoms with Gasteiger partial charge in [0.25, 0.3) is 0 Å². The van der Waals surface area contributed by atoms with Crippen LogP contribution in [0.1, 0.15) is 35.7 Å². The molecule has 20 heavy (non-hydrogen) atoms. The maximum absolute atomic E-state index is 10.6. The number of hydrogen-bond acceptors (Lipinski definition) is 2. The lowest BCUT2D eigenvalue weighted by Gasteiger charge is -2.04. The van der Waals surface area contributed by atoms with Gasteiger partial charge in [0.05, 0.1) is 0 Å². The Kier molecular flexibility index (Phi) is 7.30. The van der Waals surface area contributed by atoms with E-state index in [0.717, 1.165) is 30.9 Å². The van der Waals surface area contributed by atoms with Gasteiger partial charge in [0.2, 0.25) is 0 Å². The summed E-state index contributed by atoms with van der Waals surface area (Å²) in [6.45, 7) is 2.21. The third-order valence-electron chi connectivity index (χ3n) is 3.15. The average Bonchev–Trinajstić information content (AvgIpc) is 2.55. The van der Waals surface area contributed by atoms with E-state index >= 15 is 0 Å². The molecule has 2 heteroatoms. The van der Waals surface area contributed by atoms with E-state index in [0.29, 0.717) is 0 Å². The minimum Gasteiger partial charge on any atom is -0.400 e. The topological polar surface area (TPSA) is 37.3 Å². The lowest BCUT2D eigenvalue weighted by atomic mass is 10.0. The number of aliphatic hydroxyl groups excluding tert-OH is 1. The van der Waals surface area contributed by atoms with Crippen LogP contribution in [-0.4, -0.2) is 18.5 Å². The highest BCUT2D eigenvalue weighted by Gasteiger charge is 1.98. The predicted octanol–water partition coefficient (Wildman–Crippen LogP) is 4.12. The van der Waals surface area contributed by atoms with Crippen LogP contribution in [0.25, 0.3) is 11.1 Å². The summed E-state index contributed by atoms with van der Waals surface area (Å²) in [6, 6.07) is 16.4. The second kappa shape index (κ2) is 9.05. The Hall–Kier alpha value is -1.93. The smallest absolute Gasteiger partial charge is 0.150 e. The molecule has 2 nitrogen and oxygen atoms in total. The number of aliphatic hydroxyl groups is 1. The fourth-order valence-electron chi connectivity index (χ4n) is 2.00. The van der Waals surface area contributed by atoms with Crippen molar-refractivity contribution in [3.05, 3.63) is 59.7 Å². The van der Waals surface area contributed by atoms with Crippen LogP contribution in [0.3, 0.4) is 0 Å². The molecule has 0 aliphatic carbocycles. The van der Waals surface area contributed by atoms with Gasteiger partial charge in [-0.05, 0) is 29.5 Å². The van der Waals surface area contributed by atoms with Gasteiger partial charge in [-0.2, -0.15) is 0 Å². The van der Waals surface area contributed by atoms with Crippen molar-refractivity contribution in [2.75, 3.05) is 7.11 Å². The van der Waals surface area contributed by atoms with Gasteiger partial charge >= 0.3 is 0 Å². The summed E-state index contributed by atoms with van der Waals surface area (Å²) in [7, 11) is 1.00. The first-order valence-corrected chi connectivity index (χ1v) is 6.92. The maximum atomic E-state index is 10.6. The molecule has 2 rings (SSSR count). The molecule has 0 fully saturated rings. The Morgan fingerprint density at radius 2 is 1.40 bits per heavy atom. The van der Waals surface area contributed by atoms with Crippen molar-refractivity contribution in [1.82, 2.24) is 0 Å². The fourth-order valence-corrected chi connectivity index (χ4v) is 2.00. The van der Waals surface area contributed by atoms with E-state index in [2.05, 4.69) is 31.2 Å². The molecule has 0 saturated heterocycles. The largest absolute Gasteiger partial charge is 0.400 e. The van der Waals surface area contributed by atoms with Crippen molar-refractivity contribution in [3.8, 4) is 11.1 Å². The number of unbranched alkanes of at least 4 members (excludes halogenated alkanes) is 1. The maximum Gasteiger partial charge on any atom is 0.150 e. The van der Waals surface area contributed by atoms with Gasteiger partial charge in [0.1, 0.15) is 6.29 Å². The number of benzene rings is 2. The van der Waals surface area contributed by atoms with Crippen molar-refractivity contribution < 1.29 is 9.90 Å². The van der Waals surface area contributed by atoms with Gasteiger partial charge in [-0.15, -0.1) is 0 Å². The van der Waals surface area contributed by atoms with Crippen LogP contribution in [0.4, 0.5) is 0 Å². The lowest BCUT2D eigenvalue weighted by molar-refractivity contribution is 0.112. The van der Waals surface area contributed by atoms with Crippen LogP contribution >= 0.6 is 0 Å². The third kappa shape index (κ3) is 4.63. The van der Waals surface area contributed by atoms with Crippen molar-refractivity contribution in [2.24, 2.45) is 0 Å². The van der Waals surface area contributed by atoms with E-state index in [4.69, 9.17) is 5.11 Å². The molecule has 0 aliphatic rings. The van der Waals surface area contributed by atoms with E-state index in [-0.39, 0.29) is 0 Å². The first-order chi connectivity index (χ1) is 9.83. The highest BCUT2D eigenvalue weighted by Crippen LogP contribution is 2.20. The first kappa shape index (κ1) is 16.1. The quantitative estimate of drug-likeness (QED) is 0.830. The van der Waals surface area contributed by atoms with Crippen LogP contribution in [-0.2, 0) is 6.42 Å². The number of aryl methyl sites for hydroxylation is 1. The average molecular weight is 270 g/mol. The zero-order valence-corrected chi connectivity index (χ0v) is 12.2. The van der Waals surface area contributed by atoms with Gasteiger partial charge in [-0.25, -0.2) is 0 Å². The highest BCUT2D eigenvalue weighted by atomic mass is 16.2. The molecule has 2 aromatic carbocycles. The summed E-state index contributed by atoms with van der Waals surface area (Å²) in [4.78, 5) is 10.6. The summed E-state index contributed by atoms with van der Waals surface area (Å²) < 4.78 is 0.